The summed E-state index contributed by atoms with van der Waals surface area (Å²) in [5.41, 5.74) is 0. The molecule has 3 heteroatoms. The van der Waals surface area contributed by atoms with Crippen LogP contribution in [-0.2, 0) is 9.53 Å². The van der Waals surface area contributed by atoms with Crippen LogP contribution in [0.2, 0.25) is 0 Å². The Kier molecular flexibility index (Phi) is 13.0. The standard InChI is InChI=1S/C14H29NO2/c1-3-5-10-14(16)17-13-9-7-8-12-15-11-6-4-2/h15H,3-13H2,1-2H3. The lowest BCUT2D eigenvalue weighted by molar-refractivity contribution is -0.143. The quantitative estimate of drug-likeness (QED) is 0.422. The summed E-state index contributed by atoms with van der Waals surface area (Å²) in [7, 11) is 0. The third kappa shape index (κ3) is 13.4. The fourth-order valence-electron chi connectivity index (χ4n) is 1.53. The molecule has 0 aromatic heterocycles. The van der Waals surface area contributed by atoms with Gasteiger partial charge in [-0.25, -0.2) is 0 Å². The van der Waals surface area contributed by atoms with Crippen LogP contribution in [-0.4, -0.2) is 25.7 Å². The topological polar surface area (TPSA) is 38.3 Å². The van der Waals surface area contributed by atoms with Crippen molar-refractivity contribution < 1.29 is 9.53 Å². The Bertz CT molecular complexity index is 172. The highest BCUT2D eigenvalue weighted by atomic mass is 16.5. The van der Waals surface area contributed by atoms with Crippen molar-refractivity contribution >= 4 is 5.97 Å². The number of esters is 1. The predicted molar refractivity (Wildman–Crippen MR) is 72.1 cm³/mol. The molecule has 3 nitrogen and oxygen atoms in total. The maximum Gasteiger partial charge on any atom is 0.305 e. The number of hydrogen-bond acceptors (Lipinski definition) is 3. The van der Waals surface area contributed by atoms with Crippen molar-refractivity contribution in [2.75, 3.05) is 19.7 Å². The minimum absolute atomic E-state index is 0.0343. The number of ether oxygens (including phenoxy) is 1. The molecule has 0 fully saturated rings. The second-order valence-corrected chi connectivity index (χ2v) is 4.49. The van der Waals surface area contributed by atoms with Crippen molar-refractivity contribution in [3.63, 3.8) is 0 Å². The minimum atomic E-state index is -0.0343. The van der Waals surface area contributed by atoms with Gasteiger partial charge in [-0.05, 0) is 45.2 Å². The van der Waals surface area contributed by atoms with Gasteiger partial charge in [-0.1, -0.05) is 26.7 Å². The van der Waals surface area contributed by atoms with E-state index >= 15 is 0 Å². The summed E-state index contributed by atoms with van der Waals surface area (Å²) in [5, 5.41) is 3.41. The van der Waals surface area contributed by atoms with E-state index in [2.05, 4.69) is 19.2 Å². The number of hydrogen-bond donors (Lipinski definition) is 1. The molecule has 0 rings (SSSR count). The molecule has 0 aromatic rings. The first-order chi connectivity index (χ1) is 8.31. The van der Waals surface area contributed by atoms with Gasteiger partial charge in [0.25, 0.3) is 0 Å². The highest BCUT2D eigenvalue weighted by Crippen LogP contribution is 1.99. The van der Waals surface area contributed by atoms with E-state index in [-0.39, 0.29) is 5.97 Å². The molecule has 102 valence electrons. The Morgan fingerprint density at radius 1 is 0.941 bits per heavy atom. The minimum Gasteiger partial charge on any atom is -0.466 e. The van der Waals surface area contributed by atoms with Crippen LogP contribution in [0.4, 0.5) is 0 Å². The molecule has 0 aliphatic heterocycles. The number of carbonyl (C=O) groups excluding carboxylic acids is 1. The summed E-state index contributed by atoms with van der Waals surface area (Å²) in [6, 6.07) is 0. The first-order valence-electron chi connectivity index (χ1n) is 7.17. The lowest BCUT2D eigenvalue weighted by atomic mass is 10.2. The lowest BCUT2D eigenvalue weighted by Crippen LogP contribution is -2.16. The van der Waals surface area contributed by atoms with Crippen LogP contribution in [0.15, 0.2) is 0 Å². The molecule has 0 atom stereocenters. The van der Waals surface area contributed by atoms with Crippen molar-refractivity contribution in [1.29, 1.82) is 0 Å². The number of unbranched alkanes of at least 4 members (excludes halogenated alkanes) is 4. The summed E-state index contributed by atoms with van der Waals surface area (Å²) in [6.45, 7) is 7.09. The first-order valence-corrected chi connectivity index (χ1v) is 7.17. The van der Waals surface area contributed by atoms with Crippen LogP contribution >= 0.6 is 0 Å². The molecule has 0 aliphatic rings. The molecule has 0 aliphatic carbocycles. The fraction of sp³-hybridized carbons (Fsp3) is 0.929. The maximum absolute atomic E-state index is 11.2. The molecule has 0 saturated heterocycles. The lowest BCUT2D eigenvalue weighted by Gasteiger charge is -2.05. The molecule has 0 aromatic carbocycles. The van der Waals surface area contributed by atoms with E-state index in [4.69, 9.17) is 4.74 Å². The summed E-state index contributed by atoms with van der Waals surface area (Å²) in [5.74, 6) is -0.0343. The Labute approximate surface area is 106 Å². The number of rotatable bonds is 12. The number of nitrogens with one attached hydrogen (secondary N) is 1. The molecule has 17 heavy (non-hydrogen) atoms. The zero-order valence-corrected chi connectivity index (χ0v) is 11.6. The van der Waals surface area contributed by atoms with Crippen molar-refractivity contribution in [2.24, 2.45) is 0 Å². The Morgan fingerprint density at radius 3 is 2.35 bits per heavy atom. The second-order valence-electron chi connectivity index (χ2n) is 4.49. The van der Waals surface area contributed by atoms with Crippen LogP contribution in [0.3, 0.4) is 0 Å². The van der Waals surface area contributed by atoms with Gasteiger partial charge in [0.05, 0.1) is 6.61 Å². The van der Waals surface area contributed by atoms with Gasteiger partial charge in [-0.2, -0.15) is 0 Å². The van der Waals surface area contributed by atoms with Crippen LogP contribution in [0.5, 0.6) is 0 Å². The molecular formula is C14H29NO2. The van der Waals surface area contributed by atoms with Crippen molar-refractivity contribution in [1.82, 2.24) is 5.32 Å². The smallest absolute Gasteiger partial charge is 0.305 e. The Hall–Kier alpha value is -0.570. The molecule has 0 unspecified atom stereocenters. The van der Waals surface area contributed by atoms with Gasteiger partial charge < -0.3 is 10.1 Å². The average molecular weight is 243 g/mol. The first kappa shape index (κ1) is 16.4. The van der Waals surface area contributed by atoms with E-state index < -0.39 is 0 Å². The summed E-state index contributed by atoms with van der Waals surface area (Å²) < 4.78 is 5.13. The normalized spacial score (nSPS) is 10.5. The van der Waals surface area contributed by atoms with E-state index in [0.717, 1.165) is 38.8 Å². The van der Waals surface area contributed by atoms with Gasteiger partial charge in [-0.15, -0.1) is 0 Å². The summed E-state index contributed by atoms with van der Waals surface area (Å²) in [4.78, 5) is 11.2. The molecule has 0 bridgehead atoms. The predicted octanol–water partition coefficient (Wildman–Crippen LogP) is 3.28. The van der Waals surface area contributed by atoms with Gasteiger partial charge in [0.1, 0.15) is 0 Å². The van der Waals surface area contributed by atoms with E-state index in [1.54, 1.807) is 0 Å². The highest BCUT2D eigenvalue weighted by molar-refractivity contribution is 5.69. The molecule has 0 saturated carbocycles. The summed E-state index contributed by atoms with van der Waals surface area (Å²) >= 11 is 0. The fourth-order valence-corrected chi connectivity index (χ4v) is 1.53. The number of carbonyl (C=O) groups is 1. The van der Waals surface area contributed by atoms with Crippen LogP contribution in [0.25, 0.3) is 0 Å². The molecule has 1 N–H and O–H groups in total. The molecule has 0 amide bonds. The molecular weight excluding hydrogens is 214 g/mol. The van der Waals surface area contributed by atoms with Crippen molar-refractivity contribution in [3.8, 4) is 0 Å². The highest BCUT2D eigenvalue weighted by Gasteiger charge is 2.00. The summed E-state index contributed by atoms with van der Waals surface area (Å²) in [6.07, 6.45) is 8.40. The Morgan fingerprint density at radius 2 is 1.65 bits per heavy atom. The van der Waals surface area contributed by atoms with Crippen LogP contribution in [0.1, 0.15) is 65.2 Å². The van der Waals surface area contributed by atoms with E-state index in [1.165, 1.54) is 19.3 Å². The molecule has 0 heterocycles. The SMILES string of the molecule is CCCCNCCCCCOC(=O)CCCC. The zero-order valence-electron chi connectivity index (χ0n) is 11.6. The van der Waals surface area contributed by atoms with Gasteiger partial charge in [0.2, 0.25) is 0 Å². The molecule has 0 radical (unpaired) electrons. The van der Waals surface area contributed by atoms with Crippen LogP contribution < -0.4 is 5.32 Å². The third-order valence-corrected chi connectivity index (χ3v) is 2.70. The van der Waals surface area contributed by atoms with Gasteiger partial charge in [0, 0.05) is 6.42 Å². The van der Waals surface area contributed by atoms with Gasteiger partial charge in [-0.3, -0.25) is 4.79 Å². The van der Waals surface area contributed by atoms with Crippen molar-refractivity contribution in [3.05, 3.63) is 0 Å². The van der Waals surface area contributed by atoms with E-state index in [1.807, 2.05) is 0 Å². The molecule has 0 spiro atoms. The van der Waals surface area contributed by atoms with Gasteiger partial charge in [0.15, 0.2) is 0 Å². The largest absolute Gasteiger partial charge is 0.466 e. The van der Waals surface area contributed by atoms with Crippen LogP contribution in [0, 0.1) is 0 Å². The average Bonchev–Trinajstić information content (AvgIpc) is 2.34. The van der Waals surface area contributed by atoms with E-state index in [9.17, 15) is 4.79 Å². The maximum atomic E-state index is 11.2. The Balaban J connectivity index is 3.05. The second kappa shape index (κ2) is 13.5. The zero-order chi connectivity index (χ0) is 12.8. The van der Waals surface area contributed by atoms with E-state index in [0.29, 0.717) is 13.0 Å². The monoisotopic (exact) mass is 243 g/mol. The van der Waals surface area contributed by atoms with Crippen molar-refractivity contribution in [2.45, 2.75) is 65.2 Å². The van der Waals surface area contributed by atoms with Gasteiger partial charge >= 0.3 is 5.97 Å². The third-order valence-electron chi connectivity index (χ3n) is 2.70.